The van der Waals surface area contributed by atoms with Crippen LogP contribution < -0.4 is 4.74 Å². The standard InChI is InChI=1S/C22H23N5O3S/c1-29-17-6-4-16(5-7-17)18(15-23)26-10-12-27(13-11-26)21(28)9-8-20-24-22(25-30-20)19-3-2-14-31-19/h2-7,14,18H,8-13H2,1H3. The highest BCUT2D eigenvalue weighted by Gasteiger charge is 2.27. The van der Waals surface area contributed by atoms with E-state index < -0.39 is 0 Å². The summed E-state index contributed by atoms with van der Waals surface area (Å²) in [5.41, 5.74) is 0.931. The number of aromatic nitrogens is 2. The molecule has 4 rings (SSSR count). The van der Waals surface area contributed by atoms with Crippen molar-refractivity contribution in [1.82, 2.24) is 19.9 Å². The van der Waals surface area contributed by atoms with Crippen LogP contribution in [0.1, 0.15) is 23.9 Å². The summed E-state index contributed by atoms with van der Waals surface area (Å²) in [6.45, 7) is 2.49. The molecule has 0 aliphatic carbocycles. The quantitative estimate of drug-likeness (QED) is 0.560. The maximum absolute atomic E-state index is 12.6. The summed E-state index contributed by atoms with van der Waals surface area (Å²) in [5.74, 6) is 1.86. The fourth-order valence-corrected chi connectivity index (χ4v) is 4.27. The number of hydrogen-bond acceptors (Lipinski definition) is 8. The first kappa shape index (κ1) is 21.0. The average Bonchev–Trinajstić information content (AvgIpc) is 3.51. The summed E-state index contributed by atoms with van der Waals surface area (Å²) < 4.78 is 10.5. The van der Waals surface area contributed by atoms with Crippen molar-refractivity contribution in [2.24, 2.45) is 0 Å². The van der Waals surface area contributed by atoms with Gasteiger partial charge in [-0.3, -0.25) is 9.69 Å². The number of carbonyl (C=O) groups is 1. The number of rotatable bonds is 7. The molecule has 1 saturated heterocycles. The van der Waals surface area contributed by atoms with Crippen molar-refractivity contribution in [2.45, 2.75) is 18.9 Å². The van der Waals surface area contributed by atoms with Gasteiger partial charge in [-0.15, -0.1) is 11.3 Å². The highest BCUT2D eigenvalue weighted by Crippen LogP contribution is 2.24. The van der Waals surface area contributed by atoms with Gasteiger partial charge in [0.15, 0.2) is 0 Å². The van der Waals surface area contributed by atoms with Crippen LogP contribution in [-0.2, 0) is 11.2 Å². The number of hydrogen-bond donors (Lipinski definition) is 0. The largest absolute Gasteiger partial charge is 0.497 e. The van der Waals surface area contributed by atoms with E-state index in [0.29, 0.717) is 50.7 Å². The lowest BCUT2D eigenvalue weighted by Gasteiger charge is -2.37. The van der Waals surface area contributed by atoms with E-state index in [1.807, 2.05) is 46.7 Å². The van der Waals surface area contributed by atoms with Gasteiger partial charge in [0.1, 0.15) is 11.8 Å². The minimum Gasteiger partial charge on any atom is -0.497 e. The Kier molecular flexibility index (Phi) is 6.60. The molecule has 1 aromatic carbocycles. The molecule has 0 bridgehead atoms. The first-order valence-corrected chi connectivity index (χ1v) is 11.0. The molecule has 1 aliphatic rings. The number of nitriles is 1. The summed E-state index contributed by atoms with van der Waals surface area (Å²) in [6.07, 6.45) is 0.746. The predicted molar refractivity (Wildman–Crippen MR) is 115 cm³/mol. The van der Waals surface area contributed by atoms with Crippen LogP contribution in [0.5, 0.6) is 5.75 Å². The second-order valence-electron chi connectivity index (χ2n) is 7.21. The molecule has 0 N–H and O–H groups in total. The Bertz CT molecular complexity index is 1030. The van der Waals surface area contributed by atoms with E-state index in [-0.39, 0.29) is 11.9 Å². The minimum absolute atomic E-state index is 0.0634. The first-order chi connectivity index (χ1) is 15.2. The maximum Gasteiger partial charge on any atom is 0.227 e. The number of piperazine rings is 1. The van der Waals surface area contributed by atoms with Crippen LogP contribution in [0.25, 0.3) is 10.7 Å². The molecular formula is C22H23N5O3S. The molecule has 160 valence electrons. The number of methoxy groups -OCH3 is 1. The molecule has 1 amide bonds. The Morgan fingerprint density at radius 2 is 2.03 bits per heavy atom. The third-order valence-electron chi connectivity index (χ3n) is 5.35. The van der Waals surface area contributed by atoms with Gasteiger partial charge >= 0.3 is 0 Å². The molecule has 3 heterocycles. The zero-order valence-corrected chi connectivity index (χ0v) is 18.0. The fourth-order valence-electron chi connectivity index (χ4n) is 3.62. The number of ether oxygens (including phenoxy) is 1. The number of benzene rings is 1. The van der Waals surface area contributed by atoms with Crippen molar-refractivity contribution in [3.8, 4) is 22.5 Å². The van der Waals surface area contributed by atoms with Gasteiger partial charge in [-0.2, -0.15) is 10.2 Å². The van der Waals surface area contributed by atoms with Crippen LogP contribution in [0, 0.1) is 11.3 Å². The summed E-state index contributed by atoms with van der Waals surface area (Å²) >= 11 is 1.55. The molecule has 31 heavy (non-hydrogen) atoms. The lowest BCUT2D eigenvalue weighted by molar-refractivity contribution is -0.133. The summed E-state index contributed by atoms with van der Waals surface area (Å²) in [4.78, 5) is 21.9. The molecule has 9 heteroatoms. The third kappa shape index (κ3) is 4.93. The van der Waals surface area contributed by atoms with Crippen molar-refractivity contribution < 1.29 is 14.1 Å². The first-order valence-electron chi connectivity index (χ1n) is 10.1. The fraction of sp³-hybridized carbons (Fsp3) is 0.364. The summed E-state index contributed by atoms with van der Waals surface area (Å²) in [5, 5.41) is 15.6. The van der Waals surface area contributed by atoms with Crippen molar-refractivity contribution >= 4 is 17.2 Å². The highest BCUT2D eigenvalue weighted by atomic mass is 32.1. The smallest absolute Gasteiger partial charge is 0.227 e. The van der Waals surface area contributed by atoms with E-state index in [0.717, 1.165) is 16.2 Å². The van der Waals surface area contributed by atoms with Gasteiger partial charge in [-0.1, -0.05) is 23.4 Å². The Labute approximate surface area is 184 Å². The van der Waals surface area contributed by atoms with Crippen LogP contribution >= 0.6 is 11.3 Å². The Morgan fingerprint density at radius 1 is 1.26 bits per heavy atom. The van der Waals surface area contributed by atoms with Crippen molar-refractivity contribution in [1.29, 1.82) is 5.26 Å². The van der Waals surface area contributed by atoms with Crippen LogP contribution in [0.15, 0.2) is 46.3 Å². The summed E-state index contributed by atoms with van der Waals surface area (Å²) in [6, 6.07) is 13.5. The molecule has 1 aliphatic heterocycles. The molecular weight excluding hydrogens is 414 g/mol. The molecule has 1 fully saturated rings. The summed E-state index contributed by atoms with van der Waals surface area (Å²) in [7, 11) is 1.62. The molecule has 0 spiro atoms. The number of nitrogens with zero attached hydrogens (tertiary/aromatic N) is 5. The van der Waals surface area contributed by atoms with E-state index in [2.05, 4.69) is 21.1 Å². The van der Waals surface area contributed by atoms with E-state index >= 15 is 0 Å². The van der Waals surface area contributed by atoms with E-state index in [4.69, 9.17) is 9.26 Å². The molecule has 0 saturated carbocycles. The Balaban J connectivity index is 1.28. The Hall–Kier alpha value is -3.22. The van der Waals surface area contributed by atoms with E-state index in [1.165, 1.54) is 0 Å². The van der Waals surface area contributed by atoms with Gasteiger partial charge < -0.3 is 14.2 Å². The zero-order chi connectivity index (χ0) is 21.6. The lowest BCUT2D eigenvalue weighted by atomic mass is 10.1. The van der Waals surface area contributed by atoms with Gasteiger partial charge in [-0.05, 0) is 29.1 Å². The molecule has 1 atom stereocenters. The normalized spacial score (nSPS) is 15.4. The van der Waals surface area contributed by atoms with Crippen LogP contribution in [0.4, 0.5) is 0 Å². The van der Waals surface area contributed by atoms with E-state index in [1.54, 1.807) is 18.4 Å². The van der Waals surface area contributed by atoms with Crippen molar-refractivity contribution in [2.75, 3.05) is 33.3 Å². The van der Waals surface area contributed by atoms with Gasteiger partial charge in [0.25, 0.3) is 0 Å². The molecule has 3 aromatic rings. The van der Waals surface area contributed by atoms with Gasteiger partial charge in [-0.25, -0.2) is 0 Å². The van der Waals surface area contributed by atoms with Crippen LogP contribution in [0.3, 0.4) is 0 Å². The number of thiophene rings is 1. The van der Waals surface area contributed by atoms with Crippen molar-refractivity contribution in [3.63, 3.8) is 0 Å². The molecule has 0 radical (unpaired) electrons. The van der Waals surface area contributed by atoms with E-state index in [9.17, 15) is 10.1 Å². The van der Waals surface area contributed by atoms with Crippen molar-refractivity contribution in [3.05, 3.63) is 53.2 Å². The predicted octanol–water partition coefficient (Wildman–Crippen LogP) is 3.15. The van der Waals surface area contributed by atoms with Gasteiger partial charge in [0, 0.05) is 39.0 Å². The van der Waals surface area contributed by atoms with Gasteiger partial charge in [0.2, 0.25) is 17.6 Å². The SMILES string of the molecule is COc1ccc(C(C#N)N2CCN(C(=O)CCc3nc(-c4cccs4)no3)CC2)cc1. The number of aryl methyl sites for hydroxylation is 1. The lowest BCUT2D eigenvalue weighted by Crippen LogP contribution is -2.49. The number of carbonyl (C=O) groups excluding carboxylic acids is 1. The third-order valence-corrected chi connectivity index (χ3v) is 6.21. The Morgan fingerprint density at radius 3 is 2.68 bits per heavy atom. The monoisotopic (exact) mass is 437 g/mol. The highest BCUT2D eigenvalue weighted by molar-refractivity contribution is 7.13. The molecule has 2 aromatic heterocycles. The maximum atomic E-state index is 12.6. The van der Waals surface area contributed by atoms with Gasteiger partial charge in [0.05, 0.1) is 18.1 Å². The zero-order valence-electron chi connectivity index (χ0n) is 17.2. The number of amides is 1. The van der Waals surface area contributed by atoms with Crippen LogP contribution in [0.2, 0.25) is 0 Å². The molecule has 8 nitrogen and oxygen atoms in total. The topological polar surface area (TPSA) is 95.5 Å². The van der Waals surface area contributed by atoms with Crippen LogP contribution in [-0.4, -0.2) is 59.1 Å². The minimum atomic E-state index is -0.336. The average molecular weight is 438 g/mol. The second kappa shape index (κ2) is 9.73. The second-order valence-corrected chi connectivity index (χ2v) is 8.16. The molecule has 1 unspecified atom stereocenters.